The predicted octanol–water partition coefficient (Wildman–Crippen LogP) is 4.56. The van der Waals surface area contributed by atoms with Gasteiger partial charge in [-0.3, -0.25) is 4.79 Å². The Labute approximate surface area is 158 Å². The number of aliphatic carboxylic acids is 1. The van der Waals surface area contributed by atoms with Crippen molar-refractivity contribution in [2.24, 2.45) is 5.92 Å². The lowest BCUT2D eigenvalue weighted by Gasteiger charge is -2.15. The summed E-state index contributed by atoms with van der Waals surface area (Å²) in [7, 11) is 0. The van der Waals surface area contributed by atoms with Gasteiger partial charge >= 0.3 is 5.97 Å². The van der Waals surface area contributed by atoms with Crippen molar-refractivity contribution in [2.45, 2.75) is 44.1 Å². The minimum absolute atomic E-state index is 0.0806. The summed E-state index contributed by atoms with van der Waals surface area (Å²) >= 11 is 5.84. The van der Waals surface area contributed by atoms with E-state index < -0.39 is 5.97 Å². The largest absolute Gasteiger partial charge is 0.481 e. The Morgan fingerprint density at radius 1 is 1.19 bits per heavy atom. The van der Waals surface area contributed by atoms with Gasteiger partial charge in [-0.1, -0.05) is 41.9 Å². The minimum atomic E-state index is -0.759. The number of halogens is 1. The molecule has 1 saturated carbocycles. The van der Waals surface area contributed by atoms with Crippen LogP contribution in [0.15, 0.2) is 42.5 Å². The number of carbonyl (C=O) groups is 1. The molecule has 0 saturated heterocycles. The number of hydrogen-bond acceptors (Lipinski definition) is 3. The second-order valence-corrected chi connectivity index (χ2v) is 7.48. The highest BCUT2D eigenvalue weighted by atomic mass is 35.5. The lowest BCUT2D eigenvalue weighted by atomic mass is 9.91. The van der Waals surface area contributed by atoms with E-state index in [9.17, 15) is 9.90 Å². The number of nitrogen functional groups attached to an aromatic ring is 1. The maximum atomic E-state index is 10.8. The number of carboxylic acids is 1. The van der Waals surface area contributed by atoms with Gasteiger partial charge < -0.3 is 15.9 Å². The summed E-state index contributed by atoms with van der Waals surface area (Å²) in [4.78, 5) is 10.8. The molecular formula is C21H24ClNO3. The number of fused-ring (bicyclic) bond motifs is 1. The molecule has 0 aliphatic heterocycles. The molecule has 2 atom stereocenters. The molecule has 2 aliphatic rings. The van der Waals surface area contributed by atoms with E-state index >= 15 is 0 Å². The number of aliphatic hydroxyl groups excluding tert-OH is 1. The number of hydrogen-bond donors (Lipinski definition) is 3. The summed E-state index contributed by atoms with van der Waals surface area (Å²) in [5.74, 6) is -0.181. The second-order valence-electron chi connectivity index (χ2n) is 7.08. The quantitative estimate of drug-likeness (QED) is 0.686. The van der Waals surface area contributed by atoms with E-state index in [0.717, 1.165) is 36.8 Å². The third kappa shape index (κ3) is 4.57. The highest BCUT2D eigenvalue weighted by molar-refractivity contribution is 6.33. The monoisotopic (exact) mass is 373 g/mol. The van der Waals surface area contributed by atoms with Crippen LogP contribution in [0.1, 0.15) is 54.4 Å². The molecule has 0 spiro atoms. The average Bonchev–Trinajstić information content (AvgIpc) is 3.40. The topological polar surface area (TPSA) is 83.6 Å². The Hall–Kier alpha value is -2.04. The zero-order valence-corrected chi connectivity index (χ0v) is 15.3. The van der Waals surface area contributed by atoms with Crippen molar-refractivity contribution in [2.75, 3.05) is 5.73 Å². The molecule has 2 aromatic carbocycles. The molecule has 4 nitrogen and oxygen atoms in total. The first-order chi connectivity index (χ1) is 12.5. The number of aliphatic hydroxyl groups is 1. The third-order valence-corrected chi connectivity index (χ3v) is 5.48. The summed E-state index contributed by atoms with van der Waals surface area (Å²) in [5, 5.41) is 18.8. The molecule has 0 radical (unpaired) electrons. The van der Waals surface area contributed by atoms with Crippen LogP contribution in [-0.2, 0) is 11.2 Å². The Morgan fingerprint density at radius 2 is 1.92 bits per heavy atom. The van der Waals surface area contributed by atoms with Crippen molar-refractivity contribution < 1.29 is 15.0 Å². The Bertz CT molecular complexity index is 789. The zero-order valence-electron chi connectivity index (χ0n) is 14.6. The minimum Gasteiger partial charge on any atom is -0.481 e. The van der Waals surface area contributed by atoms with E-state index in [1.54, 1.807) is 12.1 Å². The summed E-state index contributed by atoms with van der Waals surface area (Å²) < 4.78 is 0. The van der Waals surface area contributed by atoms with Gasteiger partial charge in [0.25, 0.3) is 0 Å². The fourth-order valence-corrected chi connectivity index (χ4v) is 3.69. The van der Waals surface area contributed by atoms with Gasteiger partial charge in [-0.25, -0.2) is 0 Å². The van der Waals surface area contributed by atoms with E-state index in [0.29, 0.717) is 16.6 Å². The SMILES string of the molecule is Nc1cc([C@@H](CC(=O)O)C2CC2)ccc1Cl.OC1CCc2ccccc21. The second kappa shape index (κ2) is 8.11. The zero-order chi connectivity index (χ0) is 18.7. The standard InChI is InChI=1S/C12H14ClNO2.C9H10O/c13-10-4-3-8(5-11(10)14)9(6-12(15)16)7-1-2-7;10-9-6-5-7-3-1-2-4-8(7)9/h3-5,7,9H,1-2,6,14H2,(H,15,16);1-4,9-10H,5-6H2/t9-;/m0./s1. The smallest absolute Gasteiger partial charge is 0.303 e. The molecule has 1 fully saturated rings. The van der Waals surface area contributed by atoms with Crippen LogP contribution in [0.25, 0.3) is 0 Å². The van der Waals surface area contributed by atoms with Crippen LogP contribution in [0.2, 0.25) is 5.02 Å². The highest BCUT2D eigenvalue weighted by Crippen LogP contribution is 2.45. The van der Waals surface area contributed by atoms with E-state index in [4.69, 9.17) is 22.4 Å². The molecular weight excluding hydrogens is 350 g/mol. The van der Waals surface area contributed by atoms with Crippen molar-refractivity contribution >= 4 is 23.3 Å². The first-order valence-electron chi connectivity index (χ1n) is 8.98. The fourth-order valence-electron chi connectivity index (χ4n) is 3.57. The van der Waals surface area contributed by atoms with Gasteiger partial charge in [-0.15, -0.1) is 0 Å². The molecule has 2 aromatic rings. The van der Waals surface area contributed by atoms with Crippen molar-refractivity contribution in [1.82, 2.24) is 0 Å². The molecule has 2 aliphatic carbocycles. The average molecular weight is 374 g/mol. The van der Waals surface area contributed by atoms with Gasteiger partial charge in [0.05, 0.1) is 23.2 Å². The normalized spacial score (nSPS) is 19.2. The summed E-state index contributed by atoms with van der Waals surface area (Å²) in [6.07, 6.45) is 4.14. The van der Waals surface area contributed by atoms with Crippen molar-refractivity contribution in [3.8, 4) is 0 Å². The molecule has 1 unspecified atom stereocenters. The molecule has 138 valence electrons. The maximum absolute atomic E-state index is 10.8. The predicted molar refractivity (Wildman–Crippen MR) is 103 cm³/mol. The molecule has 0 amide bonds. The summed E-state index contributed by atoms with van der Waals surface area (Å²) in [6.45, 7) is 0. The first kappa shape index (κ1) is 18.7. The Kier molecular flexibility index (Phi) is 5.84. The summed E-state index contributed by atoms with van der Waals surface area (Å²) in [5.41, 5.74) is 9.69. The molecule has 5 heteroatoms. The van der Waals surface area contributed by atoms with E-state index in [1.807, 2.05) is 24.3 Å². The number of nitrogens with two attached hydrogens (primary N) is 1. The third-order valence-electron chi connectivity index (χ3n) is 5.13. The van der Waals surface area contributed by atoms with Crippen LogP contribution in [0.3, 0.4) is 0 Å². The summed E-state index contributed by atoms with van der Waals surface area (Å²) in [6, 6.07) is 13.5. The van der Waals surface area contributed by atoms with Gasteiger partial charge in [0, 0.05) is 0 Å². The van der Waals surface area contributed by atoms with E-state index in [2.05, 4.69) is 6.07 Å². The van der Waals surface area contributed by atoms with Crippen LogP contribution in [0.5, 0.6) is 0 Å². The number of aryl methyl sites for hydroxylation is 1. The molecule has 0 heterocycles. The van der Waals surface area contributed by atoms with Crippen molar-refractivity contribution in [1.29, 1.82) is 0 Å². The highest BCUT2D eigenvalue weighted by Gasteiger charge is 2.33. The molecule has 4 N–H and O–H groups in total. The first-order valence-corrected chi connectivity index (χ1v) is 9.36. The number of benzene rings is 2. The van der Waals surface area contributed by atoms with Crippen LogP contribution in [0, 0.1) is 5.92 Å². The lowest BCUT2D eigenvalue weighted by molar-refractivity contribution is -0.137. The molecule has 0 bridgehead atoms. The van der Waals surface area contributed by atoms with Crippen molar-refractivity contribution in [3.63, 3.8) is 0 Å². The van der Waals surface area contributed by atoms with Crippen LogP contribution in [-0.4, -0.2) is 16.2 Å². The number of carboxylic acid groups (broad SMARTS) is 1. The molecule has 0 aromatic heterocycles. The van der Waals surface area contributed by atoms with Gasteiger partial charge in [0.2, 0.25) is 0 Å². The van der Waals surface area contributed by atoms with E-state index in [-0.39, 0.29) is 18.4 Å². The fraction of sp³-hybridized carbons (Fsp3) is 0.381. The van der Waals surface area contributed by atoms with Gasteiger partial charge in [0.1, 0.15) is 0 Å². The van der Waals surface area contributed by atoms with Gasteiger partial charge in [-0.05, 0) is 66.3 Å². The maximum Gasteiger partial charge on any atom is 0.303 e. The number of anilines is 1. The van der Waals surface area contributed by atoms with Crippen LogP contribution >= 0.6 is 11.6 Å². The van der Waals surface area contributed by atoms with Crippen LogP contribution in [0.4, 0.5) is 5.69 Å². The Balaban J connectivity index is 0.000000167. The Morgan fingerprint density at radius 3 is 2.54 bits per heavy atom. The lowest BCUT2D eigenvalue weighted by Crippen LogP contribution is -2.08. The van der Waals surface area contributed by atoms with Crippen molar-refractivity contribution in [3.05, 3.63) is 64.2 Å². The number of rotatable bonds is 4. The van der Waals surface area contributed by atoms with Gasteiger partial charge in [-0.2, -0.15) is 0 Å². The molecule has 26 heavy (non-hydrogen) atoms. The van der Waals surface area contributed by atoms with E-state index in [1.165, 1.54) is 5.56 Å². The van der Waals surface area contributed by atoms with Crippen LogP contribution < -0.4 is 5.73 Å². The molecule has 4 rings (SSSR count). The van der Waals surface area contributed by atoms with Gasteiger partial charge in [0.15, 0.2) is 0 Å².